The van der Waals surface area contributed by atoms with Gasteiger partial charge in [0.25, 0.3) is 0 Å². The van der Waals surface area contributed by atoms with Crippen LogP contribution in [0.5, 0.6) is 0 Å². The molecule has 0 spiro atoms. The molecule has 0 aliphatic carbocycles. The molecule has 3 nitrogen and oxygen atoms in total. The van der Waals surface area contributed by atoms with Crippen molar-refractivity contribution in [3.8, 4) is 0 Å². The summed E-state index contributed by atoms with van der Waals surface area (Å²) >= 11 is 1.60. The Bertz CT molecular complexity index is 433. The molecule has 19 heavy (non-hydrogen) atoms. The molecular weight excluding hydrogens is 256 g/mol. The van der Waals surface area contributed by atoms with Crippen LogP contribution in [-0.2, 0) is 4.79 Å². The van der Waals surface area contributed by atoms with Crippen LogP contribution in [0, 0.1) is 5.41 Å². The van der Waals surface area contributed by atoms with E-state index in [9.17, 15) is 4.79 Å². The minimum atomic E-state index is 0.0192. The number of carbonyl (C=O) groups excluding carboxylic acids is 1. The number of carbonyl (C=O) groups is 1. The lowest BCUT2D eigenvalue weighted by Gasteiger charge is -2.42. The van der Waals surface area contributed by atoms with E-state index in [2.05, 4.69) is 13.8 Å². The van der Waals surface area contributed by atoms with Gasteiger partial charge in [0.05, 0.1) is 5.75 Å². The average molecular weight is 278 g/mol. The predicted molar refractivity (Wildman–Crippen MR) is 80.1 cm³/mol. The molecule has 2 N–H and O–H groups in total. The summed E-state index contributed by atoms with van der Waals surface area (Å²) in [7, 11) is 0. The monoisotopic (exact) mass is 278 g/mol. The van der Waals surface area contributed by atoms with E-state index in [0.29, 0.717) is 5.75 Å². The molecule has 0 aromatic heterocycles. The molecule has 1 aromatic carbocycles. The Morgan fingerprint density at radius 3 is 2.74 bits per heavy atom. The molecular formula is C15H22N2OS. The number of thioether (sulfide) groups is 1. The van der Waals surface area contributed by atoms with Crippen LogP contribution in [0.1, 0.15) is 20.3 Å². The van der Waals surface area contributed by atoms with Crippen LogP contribution < -0.4 is 5.73 Å². The Morgan fingerprint density at radius 1 is 1.42 bits per heavy atom. The molecule has 4 heteroatoms. The van der Waals surface area contributed by atoms with Gasteiger partial charge in [-0.15, -0.1) is 11.8 Å². The van der Waals surface area contributed by atoms with Gasteiger partial charge in [0.1, 0.15) is 0 Å². The summed E-state index contributed by atoms with van der Waals surface area (Å²) in [5.74, 6) is 0.726. The van der Waals surface area contributed by atoms with E-state index in [-0.39, 0.29) is 17.4 Å². The zero-order valence-electron chi connectivity index (χ0n) is 11.6. The maximum absolute atomic E-state index is 12.2. The maximum atomic E-state index is 12.2. The van der Waals surface area contributed by atoms with Crippen LogP contribution in [0.2, 0.25) is 0 Å². The summed E-state index contributed by atoms with van der Waals surface area (Å²) in [5, 5.41) is 0. The van der Waals surface area contributed by atoms with Gasteiger partial charge in [-0.2, -0.15) is 0 Å². The van der Waals surface area contributed by atoms with Crippen molar-refractivity contribution in [1.29, 1.82) is 0 Å². The minimum absolute atomic E-state index is 0.0192. The van der Waals surface area contributed by atoms with Gasteiger partial charge in [-0.3, -0.25) is 4.79 Å². The van der Waals surface area contributed by atoms with Crippen molar-refractivity contribution in [1.82, 2.24) is 4.90 Å². The predicted octanol–water partition coefficient (Wildman–Crippen LogP) is 2.36. The van der Waals surface area contributed by atoms with E-state index in [1.807, 2.05) is 35.2 Å². The summed E-state index contributed by atoms with van der Waals surface area (Å²) in [6, 6.07) is 10.2. The standard InChI is InChI=1S/C15H22N2OS/c1-15(2)11-17(9-8-13(15)16)14(18)10-19-12-6-4-3-5-7-12/h3-7,13H,8-11,16H2,1-2H3. The highest BCUT2D eigenvalue weighted by atomic mass is 32.2. The highest BCUT2D eigenvalue weighted by Gasteiger charge is 2.35. The molecule has 1 aliphatic heterocycles. The summed E-state index contributed by atoms with van der Waals surface area (Å²) in [6.45, 7) is 5.84. The first-order valence-corrected chi connectivity index (χ1v) is 7.69. The average Bonchev–Trinajstić information content (AvgIpc) is 2.40. The van der Waals surface area contributed by atoms with Crippen molar-refractivity contribution in [3.63, 3.8) is 0 Å². The number of hydrogen-bond donors (Lipinski definition) is 1. The second-order valence-electron chi connectivity index (χ2n) is 5.80. The van der Waals surface area contributed by atoms with Gasteiger partial charge in [-0.25, -0.2) is 0 Å². The van der Waals surface area contributed by atoms with E-state index in [0.717, 1.165) is 24.4 Å². The number of hydrogen-bond acceptors (Lipinski definition) is 3. The molecule has 2 rings (SSSR count). The minimum Gasteiger partial charge on any atom is -0.341 e. The summed E-state index contributed by atoms with van der Waals surface area (Å²) in [5.41, 5.74) is 6.12. The van der Waals surface area contributed by atoms with Crippen LogP contribution >= 0.6 is 11.8 Å². The van der Waals surface area contributed by atoms with Crippen LogP contribution in [0.3, 0.4) is 0 Å². The van der Waals surface area contributed by atoms with Gasteiger partial charge < -0.3 is 10.6 Å². The summed E-state index contributed by atoms with van der Waals surface area (Å²) < 4.78 is 0. The van der Waals surface area contributed by atoms with Gasteiger partial charge in [0.15, 0.2) is 0 Å². The second-order valence-corrected chi connectivity index (χ2v) is 6.85. The third kappa shape index (κ3) is 3.74. The van der Waals surface area contributed by atoms with Crippen LogP contribution in [-0.4, -0.2) is 35.7 Å². The van der Waals surface area contributed by atoms with Gasteiger partial charge in [-0.05, 0) is 24.0 Å². The second kappa shape index (κ2) is 5.97. The van der Waals surface area contributed by atoms with Crippen molar-refractivity contribution in [2.75, 3.05) is 18.8 Å². The first-order valence-electron chi connectivity index (χ1n) is 6.70. The molecule has 0 radical (unpaired) electrons. The molecule has 1 aromatic rings. The Kier molecular flexibility index (Phi) is 4.53. The summed E-state index contributed by atoms with van der Waals surface area (Å²) in [4.78, 5) is 15.3. The highest BCUT2D eigenvalue weighted by Crippen LogP contribution is 2.28. The quantitative estimate of drug-likeness (QED) is 0.863. The largest absolute Gasteiger partial charge is 0.341 e. The summed E-state index contributed by atoms with van der Waals surface area (Å²) in [6.07, 6.45) is 0.898. The van der Waals surface area contributed by atoms with Crippen LogP contribution in [0.4, 0.5) is 0 Å². The maximum Gasteiger partial charge on any atom is 0.232 e. The van der Waals surface area contributed by atoms with Gasteiger partial charge >= 0.3 is 0 Å². The molecule has 1 unspecified atom stereocenters. The third-order valence-electron chi connectivity index (χ3n) is 3.77. The van der Waals surface area contributed by atoms with Gasteiger partial charge in [0, 0.05) is 24.0 Å². The Balaban J connectivity index is 1.87. The number of nitrogens with two attached hydrogens (primary N) is 1. The van der Waals surface area contributed by atoms with E-state index in [1.54, 1.807) is 11.8 Å². The van der Waals surface area contributed by atoms with Crippen molar-refractivity contribution < 1.29 is 4.79 Å². The highest BCUT2D eigenvalue weighted by molar-refractivity contribution is 8.00. The molecule has 1 heterocycles. The van der Waals surface area contributed by atoms with Gasteiger partial charge in [0.2, 0.25) is 5.91 Å². The first-order chi connectivity index (χ1) is 8.99. The van der Waals surface area contributed by atoms with Crippen LogP contribution in [0.15, 0.2) is 35.2 Å². The fraction of sp³-hybridized carbons (Fsp3) is 0.533. The van der Waals surface area contributed by atoms with Crippen molar-refractivity contribution >= 4 is 17.7 Å². The number of piperidine rings is 1. The van der Waals surface area contributed by atoms with Crippen molar-refractivity contribution in [2.24, 2.45) is 11.1 Å². The smallest absolute Gasteiger partial charge is 0.232 e. The lowest BCUT2D eigenvalue weighted by atomic mass is 9.80. The molecule has 1 aliphatic rings. The number of benzene rings is 1. The Morgan fingerprint density at radius 2 is 2.11 bits per heavy atom. The zero-order valence-corrected chi connectivity index (χ0v) is 12.5. The fourth-order valence-corrected chi connectivity index (χ4v) is 3.16. The van der Waals surface area contributed by atoms with Crippen molar-refractivity contribution in [3.05, 3.63) is 30.3 Å². The number of likely N-dealkylation sites (tertiary alicyclic amines) is 1. The van der Waals surface area contributed by atoms with E-state index >= 15 is 0 Å². The lowest BCUT2D eigenvalue weighted by Crippen LogP contribution is -2.54. The molecule has 104 valence electrons. The van der Waals surface area contributed by atoms with Gasteiger partial charge in [-0.1, -0.05) is 32.0 Å². The Hall–Kier alpha value is -1.00. The molecule has 1 atom stereocenters. The lowest BCUT2D eigenvalue weighted by molar-refractivity contribution is -0.131. The number of nitrogens with zero attached hydrogens (tertiary/aromatic N) is 1. The normalized spacial score (nSPS) is 22.3. The molecule has 0 bridgehead atoms. The first kappa shape index (κ1) is 14.4. The van der Waals surface area contributed by atoms with Crippen molar-refractivity contribution in [2.45, 2.75) is 31.2 Å². The van der Waals surface area contributed by atoms with Crippen LogP contribution in [0.25, 0.3) is 0 Å². The fourth-order valence-electron chi connectivity index (χ4n) is 2.34. The molecule has 1 fully saturated rings. The van der Waals surface area contributed by atoms with E-state index in [4.69, 9.17) is 5.73 Å². The van der Waals surface area contributed by atoms with E-state index < -0.39 is 0 Å². The number of rotatable bonds is 3. The zero-order chi connectivity index (χ0) is 13.9. The molecule has 1 amide bonds. The number of amides is 1. The topological polar surface area (TPSA) is 46.3 Å². The molecule has 1 saturated heterocycles. The van der Waals surface area contributed by atoms with E-state index in [1.165, 1.54) is 0 Å². The molecule has 0 saturated carbocycles. The Labute approximate surface area is 119 Å². The SMILES string of the molecule is CC1(C)CN(C(=O)CSc2ccccc2)CCC1N. The third-order valence-corrected chi connectivity index (χ3v) is 4.77.